The summed E-state index contributed by atoms with van der Waals surface area (Å²) in [5.74, 6) is 0.838. The van der Waals surface area contributed by atoms with Crippen LogP contribution in [-0.2, 0) is 14.3 Å². The number of amides is 2. The zero-order valence-electron chi connectivity index (χ0n) is 18.3. The number of likely N-dealkylation sites (tertiary alicyclic amines) is 1. The fraction of sp³-hybridized carbons (Fsp3) is 0.682. The molecule has 3 unspecified atom stereocenters. The molecule has 2 saturated heterocycles. The number of piperidine rings is 1. The molecule has 2 aliphatic rings. The number of nitrogens with zero attached hydrogens (tertiary/aromatic N) is 3. The molecule has 1 aromatic heterocycles. The van der Waals surface area contributed by atoms with Crippen LogP contribution in [0.1, 0.15) is 40.5 Å². The van der Waals surface area contributed by atoms with Crippen molar-refractivity contribution in [3.05, 3.63) is 22.8 Å². The molecule has 0 saturated carbocycles. The molecule has 166 valence electrons. The van der Waals surface area contributed by atoms with Gasteiger partial charge in [0.2, 0.25) is 11.8 Å². The van der Waals surface area contributed by atoms with Gasteiger partial charge in [0.25, 0.3) is 0 Å². The third kappa shape index (κ3) is 5.80. The molecule has 3 heterocycles. The predicted octanol–water partition coefficient (Wildman–Crippen LogP) is 3.16. The number of nitrogens with one attached hydrogen (secondary N) is 1. The number of hydrogen-bond donors (Lipinski definition) is 1. The molecule has 30 heavy (non-hydrogen) atoms. The van der Waals surface area contributed by atoms with Crippen molar-refractivity contribution in [1.82, 2.24) is 14.8 Å². The van der Waals surface area contributed by atoms with E-state index < -0.39 is 0 Å². The first-order chi connectivity index (χ1) is 14.2. The summed E-state index contributed by atoms with van der Waals surface area (Å²) in [6.45, 7) is 11.1. The summed E-state index contributed by atoms with van der Waals surface area (Å²) >= 11 is 3.34. The second kappa shape index (κ2) is 10.2. The average molecular weight is 481 g/mol. The molecule has 7 nitrogen and oxygen atoms in total. The molecule has 1 N–H and O–H groups in total. The number of aromatic nitrogens is 1. The largest absolute Gasteiger partial charge is 0.373 e. The van der Waals surface area contributed by atoms with Crippen molar-refractivity contribution < 1.29 is 14.3 Å². The Hall–Kier alpha value is -1.51. The van der Waals surface area contributed by atoms with Crippen LogP contribution in [0.15, 0.2) is 22.8 Å². The molecule has 3 atom stereocenters. The van der Waals surface area contributed by atoms with Gasteiger partial charge in [-0.05, 0) is 60.7 Å². The van der Waals surface area contributed by atoms with Crippen LogP contribution in [0.4, 0.5) is 5.82 Å². The summed E-state index contributed by atoms with van der Waals surface area (Å²) < 4.78 is 6.72. The highest BCUT2D eigenvalue weighted by molar-refractivity contribution is 9.10. The van der Waals surface area contributed by atoms with Gasteiger partial charge in [-0.2, -0.15) is 0 Å². The summed E-state index contributed by atoms with van der Waals surface area (Å²) in [7, 11) is 0. The van der Waals surface area contributed by atoms with Gasteiger partial charge in [0, 0.05) is 42.8 Å². The van der Waals surface area contributed by atoms with Gasteiger partial charge in [-0.3, -0.25) is 14.5 Å². The van der Waals surface area contributed by atoms with Crippen LogP contribution in [0.25, 0.3) is 0 Å². The van der Waals surface area contributed by atoms with Crippen molar-refractivity contribution in [2.75, 3.05) is 31.5 Å². The normalized spacial score (nSPS) is 24.7. The third-order valence-corrected chi connectivity index (χ3v) is 6.35. The topological polar surface area (TPSA) is 74.8 Å². The van der Waals surface area contributed by atoms with Gasteiger partial charge in [-0.1, -0.05) is 13.8 Å². The third-order valence-electron chi connectivity index (χ3n) is 5.88. The lowest BCUT2D eigenvalue weighted by molar-refractivity contribution is -0.147. The van der Waals surface area contributed by atoms with Gasteiger partial charge in [-0.15, -0.1) is 0 Å². The maximum Gasteiger partial charge on any atom is 0.240 e. The van der Waals surface area contributed by atoms with E-state index in [1.54, 1.807) is 12.3 Å². The van der Waals surface area contributed by atoms with Crippen LogP contribution in [0.5, 0.6) is 0 Å². The van der Waals surface area contributed by atoms with Crippen LogP contribution in [0.2, 0.25) is 0 Å². The number of morpholine rings is 1. The molecule has 1 aromatic rings. The van der Waals surface area contributed by atoms with E-state index in [0.29, 0.717) is 31.7 Å². The summed E-state index contributed by atoms with van der Waals surface area (Å²) in [5, 5.41) is 2.89. The van der Waals surface area contributed by atoms with Crippen LogP contribution in [-0.4, -0.2) is 71.0 Å². The van der Waals surface area contributed by atoms with Crippen LogP contribution >= 0.6 is 15.9 Å². The van der Waals surface area contributed by atoms with Gasteiger partial charge >= 0.3 is 0 Å². The molecular formula is C22H33BrN4O3. The van der Waals surface area contributed by atoms with E-state index >= 15 is 0 Å². The molecule has 0 radical (unpaired) electrons. The average Bonchev–Trinajstić information content (AvgIpc) is 2.69. The van der Waals surface area contributed by atoms with Crippen LogP contribution in [0, 0.1) is 11.8 Å². The Morgan fingerprint density at radius 1 is 1.17 bits per heavy atom. The summed E-state index contributed by atoms with van der Waals surface area (Å²) in [6.07, 6.45) is 3.27. The second-order valence-corrected chi connectivity index (χ2v) is 9.77. The second-order valence-electron chi connectivity index (χ2n) is 8.85. The number of anilines is 1. The molecule has 2 fully saturated rings. The van der Waals surface area contributed by atoms with Crippen LogP contribution in [0.3, 0.4) is 0 Å². The van der Waals surface area contributed by atoms with Gasteiger partial charge < -0.3 is 15.0 Å². The van der Waals surface area contributed by atoms with E-state index in [2.05, 4.69) is 58.8 Å². The van der Waals surface area contributed by atoms with Gasteiger partial charge in [0.1, 0.15) is 5.82 Å². The summed E-state index contributed by atoms with van der Waals surface area (Å²) in [5.41, 5.74) is 0. The van der Waals surface area contributed by atoms with Crippen LogP contribution < -0.4 is 5.32 Å². The number of hydrogen-bond acceptors (Lipinski definition) is 5. The fourth-order valence-corrected chi connectivity index (χ4v) is 4.77. The van der Waals surface area contributed by atoms with E-state index in [9.17, 15) is 9.59 Å². The first kappa shape index (κ1) is 23.2. The van der Waals surface area contributed by atoms with E-state index in [4.69, 9.17) is 4.74 Å². The van der Waals surface area contributed by atoms with Gasteiger partial charge in [0.15, 0.2) is 0 Å². The minimum atomic E-state index is -0.142. The number of carbonyl (C=O) groups excluding carboxylic acids is 2. The molecule has 2 aliphatic heterocycles. The fourth-order valence-electron chi connectivity index (χ4n) is 4.53. The molecule has 2 amide bonds. The monoisotopic (exact) mass is 480 g/mol. The minimum absolute atomic E-state index is 0.0202. The van der Waals surface area contributed by atoms with Crippen molar-refractivity contribution in [2.45, 2.75) is 58.8 Å². The zero-order chi connectivity index (χ0) is 21.8. The van der Waals surface area contributed by atoms with E-state index in [1.165, 1.54) is 0 Å². The van der Waals surface area contributed by atoms with Crippen molar-refractivity contribution in [2.24, 2.45) is 11.8 Å². The number of ether oxygens (including phenoxy) is 1. The maximum atomic E-state index is 13.4. The molecule has 0 aliphatic carbocycles. The molecular weight excluding hydrogens is 448 g/mol. The highest BCUT2D eigenvalue weighted by Crippen LogP contribution is 2.24. The number of carbonyl (C=O) groups is 2. The lowest BCUT2D eigenvalue weighted by atomic mass is 9.93. The Bertz CT molecular complexity index is 724. The lowest BCUT2D eigenvalue weighted by Gasteiger charge is -2.43. The molecule has 8 heteroatoms. The Morgan fingerprint density at radius 3 is 2.33 bits per heavy atom. The van der Waals surface area contributed by atoms with Crippen molar-refractivity contribution in [1.29, 1.82) is 0 Å². The van der Waals surface area contributed by atoms with Gasteiger partial charge in [-0.25, -0.2) is 4.98 Å². The Kier molecular flexibility index (Phi) is 7.87. The smallest absolute Gasteiger partial charge is 0.240 e. The Labute approximate surface area is 187 Å². The van der Waals surface area contributed by atoms with Crippen molar-refractivity contribution in [3.63, 3.8) is 0 Å². The SMILES string of the molecule is CC1CN(C(C(=O)N2CCC(C(=O)Nc3ccc(Br)cn3)CC2)C(C)C)CC(C)O1. The summed E-state index contributed by atoms with van der Waals surface area (Å²) in [4.78, 5) is 34.4. The highest BCUT2D eigenvalue weighted by atomic mass is 79.9. The van der Waals surface area contributed by atoms with E-state index in [1.807, 2.05) is 11.0 Å². The predicted molar refractivity (Wildman–Crippen MR) is 120 cm³/mol. The summed E-state index contributed by atoms with van der Waals surface area (Å²) in [6, 6.07) is 3.48. The number of rotatable bonds is 5. The molecule has 0 bridgehead atoms. The van der Waals surface area contributed by atoms with Crippen molar-refractivity contribution >= 4 is 33.6 Å². The molecule has 0 aromatic carbocycles. The minimum Gasteiger partial charge on any atom is -0.373 e. The van der Waals surface area contributed by atoms with Crippen molar-refractivity contribution in [3.8, 4) is 0 Å². The highest BCUT2D eigenvalue weighted by Gasteiger charge is 2.38. The van der Waals surface area contributed by atoms with Gasteiger partial charge in [0.05, 0.1) is 18.2 Å². The Morgan fingerprint density at radius 2 is 1.80 bits per heavy atom. The first-order valence-electron chi connectivity index (χ1n) is 10.8. The maximum absolute atomic E-state index is 13.4. The standard InChI is InChI=1S/C22H33BrN4O3/c1-14(2)20(27-12-15(3)30-16(4)13-27)22(29)26-9-7-17(8-10-26)21(28)25-19-6-5-18(23)11-24-19/h5-6,11,14-17,20H,7-10,12-13H2,1-4H3,(H,24,25,28). The lowest BCUT2D eigenvalue weighted by Crippen LogP contribution is -2.58. The quantitative estimate of drug-likeness (QED) is 0.700. The first-order valence-corrected chi connectivity index (χ1v) is 11.6. The van der Waals surface area contributed by atoms with E-state index in [-0.39, 0.29) is 41.9 Å². The van der Waals surface area contributed by atoms with E-state index in [0.717, 1.165) is 17.6 Å². The number of halogens is 1. The molecule has 0 spiro atoms. The Balaban J connectivity index is 1.56. The zero-order valence-corrected chi connectivity index (χ0v) is 19.9. The molecule has 3 rings (SSSR count). The number of pyridine rings is 1.